The van der Waals surface area contributed by atoms with Crippen molar-refractivity contribution in [2.45, 2.75) is 6.61 Å². The van der Waals surface area contributed by atoms with E-state index < -0.39 is 0 Å². The van der Waals surface area contributed by atoms with Gasteiger partial charge >= 0.3 is 0 Å². The highest BCUT2D eigenvalue weighted by Gasteiger charge is 1.86. The lowest BCUT2D eigenvalue weighted by Gasteiger charge is -1.99. The molecule has 0 aliphatic heterocycles. The van der Waals surface area contributed by atoms with E-state index in [1.807, 2.05) is 30.3 Å². The van der Waals surface area contributed by atoms with Crippen LogP contribution in [-0.4, -0.2) is 14.4 Å². The molecule has 0 aliphatic carbocycles. The first-order valence-electron chi connectivity index (χ1n) is 3.25. The van der Waals surface area contributed by atoms with Crippen molar-refractivity contribution in [2.24, 2.45) is 0 Å². The van der Waals surface area contributed by atoms with Crippen molar-refractivity contribution < 1.29 is 4.74 Å². The molecule has 2 heteroatoms. The van der Waals surface area contributed by atoms with Crippen LogP contribution in [0.1, 0.15) is 5.56 Å². The first kappa shape index (κ1) is 7.35. The predicted molar refractivity (Wildman–Crippen MR) is 41.9 cm³/mol. The second-order valence-corrected chi connectivity index (χ2v) is 2.00. The van der Waals surface area contributed by atoms with Crippen LogP contribution in [0.2, 0.25) is 0 Å². The average molecular weight is 132 g/mol. The summed E-state index contributed by atoms with van der Waals surface area (Å²) < 4.78 is 5.00. The average Bonchev–Trinajstić information content (AvgIpc) is 2.03. The van der Waals surface area contributed by atoms with E-state index in [9.17, 15) is 0 Å². The van der Waals surface area contributed by atoms with Crippen LogP contribution in [0.25, 0.3) is 0 Å². The fourth-order valence-corrected chi connectivity index (χ4v) is 0.751. The molecule has 1 aromatic carbocycles. The van der Waals surface area contributed by atoms with Gasteiger partial charge in [-0.05, 0) is 5.56 Å². The third-order valence-electron chi connectivity index (χ3n) is 1.23. The van der Waals surface area contributed by atoms with E-state index in [0.29, 0.717) is 6.61 Å². The molecule has 0 aromatic heterocycles. The van der Waals surface area contributed by atoms with E-state index in [4.69, 9.17) is 12.6 Å². The summed E-state index contributed by atoms with van der Waals surface area (Å²) in [6, 6.07) is 9.96. The highest BCUT2D eigenvalue weighted by molar-refractivity contribution is 6.08. The SMILES string of the molecule is [B]COCc1ccccc1. The zero-order valence-corrected chi connectivity index (χ0v) is 5.79. The van der Waals surface area contributed by atoms with E-state index in [2.05, 4.69) is 0 Å². The molecular weight excluding hydrogens is 123 g/mol. The van der Waals surface area contributed by atoms with Crippen LogP contribution in [0, 0.1) is 0 Å². The van der Waals surface area contributed by atoms with Gasteiger partial charge in [-0.25, -0.2) is 0 Å². The molecule has 0 N–H and O–H groups in total. The number of ether oxygens (including phenoxy) is 1. The summed E-state index contributed by atoms with van der Waals surface area (Å²) >= 11 is 0. The Morgan fingerprint density at radius 3 is 2.50 bits per heavy atom. The summed E-state index contributed by atoms with van der Waals surface area (Å²) in [6.07, 6.45) is 0. The van der Waals surface area contributed by atoms with Gasteiger partial charge < -0.3 is 4.74 Å². The molecule has 1 rings (SSSR count). The van der Waals surface area contributed by atoms with Gasteiger partial charge in [-0.3, -0.25) is 0 Å². The number of hydrogen-bond acceptors (Lipinski definition) is 1. The molecule has 0 heterocycles. The molecule has 0 atom stereocenters. The molecule has 50 valence electrons. The van der Waals surface area contributed by atoms with E-state index >= 15 is 0 Å². The van der Waals surface area contributed by atoms with Gasteiger partial charge in [-0.2, -0.15) is 0 Å². The Labute approximate surface area is 62.4 Å². The molecule has 0 bridgehead atoms. The van der Waals surface area contributed by atoms with Crippen LogP contribution in [0.15, 0.2) is 30.3 Å². The largest absolute Gasteiger partial charge is 0.386 e. The Bertz CT molecular complexity index is 174. The third-order valence-corrected chi connectivity index (χ3v) is 1.23. The van der Waals surface area contributed by atoms with Crippen molar-refractivity contribution in [3.63, 3.8) is 0 Å². The lowest BCUT2D eigenvalue weighted by molar-refractivity contribution is 0.165. The maximum Gasteiger partial charge on any atom is 0.104 e. The fourth-order valence-electron chi connectivity index (χ4n) is 0.751. The van der Waals surface area contributed by atoms with Crippen molar-refractivity contribution in [1.29, 1.82) is 0 Å². The van der Waals surface area contributed by atoms with Crippen molar-refractivity contribution in [2.75, 3.05) is 6.51 Å². The summed E-state index contributed by atoms with van der Waals surface area (Å²) in [5.41, 5.74) is 1.16. The van der Waals surface area contributed by atoms with Crippen molar-refractivity contribution in [1.82, 2.24) is 0 Å². The minimum absolute atomic E-state index is 0.287. The van der Waals surface area contributed by atoms with Gasteiger partial charge in [0.1, 0.15) is 7.85 Å². The molecule has 1 nitrogen and oxygen atoms in total. The molecule has 0 saturated heterocycles. The van der Waals surface area contributed by atoms with Crippen LogP contribution < -0.4 is 0 Å². The molecule has 0 amide bonds. The number of benzene rings is 1. The quantitative estimate of drug-likeness (QED) is 0.563. The molecular formula is C8H9BO. The van der Waals surface area contributed by atoms with Gasteiger partial charge in [0.25, 0.3) is 0 Å². The van der Waals surface area contributed by atoms with E-state index in [1.54, 1.807) is 0 Å². The minimum atomic E-state index is 0.287. The summed E-state index contributed by atoms with van der Waals surface area (Å²) in [4.78, 5) is 0. The lowest BCUT2D eigenvalue weighted by Crippen LogP contribution is -1.93. The Kier molecular flexibility index (Phi) is 3.03. The first-order chi connectivity index (χ1) is 4.93. The van der Waals surface area contributed by atoms with E-state index in [-0.39, 0.29) is 6.51 Å². The Morgan fingerprint density at radius 2 is 1.90 bits per heavy atom. The maximum atomic E-state index is 5.15. The predicted octanol–water partition coefficient (Wildman–Crippen LogP) is 1.33. The van der Waals surface area contributed by atoms with Crippen molar-refractivity contribution in [3.8, 4) is 0 Å². The summed E-state index contributed by atoms with van der Waals surface area (Å²) in [6.45, 7) is 0.895. The topological polar surface area (TPSA) is 9.23 Å². The van der Waals surface area contributed by atoms with Gasteiger partial charge in [0.05, 0.1) is 6.61 Å². The summed E-state index contributed by atoms with van der Waals surface area (Å²) in [7, 11) is 5.15. The normalized spacial score (nSPS) is 9.60. The Balaban J connectivity index is 2.43. The summed E-state index contributed by atoms with van der Waals surface area (Å²) in [5, 5.41) is 0. The van der Waals surface area contributed by atoms with Crippen LogP contribution in [0.5, 0.6) is 0 Å². The van der Waals surface area contributed by atoms with Crippen molar-refractivity contribution >= 4 is 7.85 Å². The smallest absolute Gasteiger partial charge is 0.104 e. The molecule has 10 heavy (non-hydrogen) atoms. The number of rotatable bonds is 3. The van der Waals surface area contributed by atoms with Gasteiger partial charge in [0, 0.05) is 6.51 Å². The van der Waals surface area contributed by atoms with Gasteiger partial charge in [0.15, 0.2) is 0 Å². The van der Waals surface area contributed by atoms with Crippen molar-refractivity contribution in [3.05, 3.63) is 35.9 Å². The maximum absolute atomic E-state index is 5.15. The standard InChI is InChI=1S/C8H9BO/c9-7-10-6-8-4-2-1-3-5-8/h1-5H,6-7H2. The molecule has 1 aromatic rings. The lowest BCUT2D eigenvalue weighted by atomic mass is 10.2. The second kappa shape index (κ2) is 4.12. The van der Waals surface area contributed by atoms with Gasteiger partial charge in [-0.15, -0.1) is 0 Å². The Morgan fingerprint density at radius 1 is 1.20 bits per heavy atom. The molecule has 2 radical (unpaired) electrons. The summed E-state index contributed by atoms with van der Waals surface area (Å²) in [5.74, 6) is 0. The fraction of sp³-hybridized carbons (Fsp3) is 0.250. The first-order valence-corrected chi connectivity index (χ1v) is 3.25. The van der Waals surface area contributed by atoms with Gasteiger partial charge in [-0.1, -0.05) is 30.3 Å². The van der Waals surface area contributed by atoms with Gasteiger partial charge in [0.2, 0.25) is 0 Å². The third kappa shape index (κ3) is 2.23. The zero-order chi connectivity index (χ0) is 7.23. The van der Waals surface area contributed by atoms with E-state index in [1.165, 1.54) is 0 Å². The molecule has 0 saturated carbocycles. The Hall–Kier alpha value is -0.755. The van der Waals surface area contributed by atoms with Crippen LogP contribution >= 0.6 is 0 Å². The highest BCUT2D eigenvalue weighted by atomic mass is 16.5. The zero-order valence-electron chi connectivity index (χ0n) is 5.79. The molecule has 0 unspecified atom stereocenters. The second-order valence-electron chi connectivity index (χ2n) is 2.00. The van der Waals surface area contributed by atoms with Crippen LogP contribution in [-0.2, 0) is 11.3 Å². The highest BCUT2D eigenvalue weighted by Crippen LogP contribution is 1.98. The monoisotopic (exact) mass is 132 g/mol. The molecule has 0 aliphatic rings. The number of hydrogen-bond donors (Lipinski definition) is 0. The minimum Gasteiger partial charge on any atom is -0.386 e. The molecule has 0 spiro atoms. The van der Waals surface area contributed by atoms with E-state index in [0.717, 1.165) is 5.56 Å². The van der Waals surface area contributed by atoms with Crippen LogP contribution in [0.4, 0.5) is 0 Å². The van der Waals surface area contributed by atoms with Crippen LogP contribution in [0.3, 0.4) is 0 Å². The molecule has 0 fully saturated rings.